The Morgan fingerprint density at radius 1 is 1.25 bits per heavy atom. The second-order valence-electron chi connectivity index (χ2n) is 0.0833. The SMILES string of the molecule is [S]=[Sn]=[S].[Sb]. The third-order valence-electron chi connectivity index (χ3n) is 0. The van der Waals surface area contributed by atoms with Crippen LogP contribution >= 0.6 is 18.6 Å². The maximum absolute atomic E-state index is 4.38. The molecule has 0 aromatic carbocycles. The molecule has 0 nitrogen and oxygen atoms in total. The van der Waals surface area contributed by atoms with E-state index in [-0.39, 0.29) is 24.4 Å². The summed E-state index contributed by atoms with van der Waals surface area (Å²) in [5, 5.41) is 0. The molecule has 3 radical (unpaired) electrons. The van der Waals surface area contributed by atoms with Crippen LogP contribution in [0.1, 0.15) is 0 Å². The van der Waals surface area contributed by atoms with Crippen LogP contribution in [0, 0.1) is 0 Å². The van der Waals surface area contributed by atoms with Gasteiger partial charge < -0.3 is 0 Å². The molecule has 0 saturated heterocycles. The maximum atomic E-state index is 4.38. The van der Waals surface area contributed by atoms with Gasteiger partial charge in [0.2, 0.25) is 0 Å². The molecule has 4 heteroatoms. The molecule has 0 saturated carbocycles. The van der Waals surface area contributed by atoms with Crippen molar-refractivity contribution in [2.45, 2.75) is 0 Å². The molecular weight excluding hydrogens is 305 g/mol. The van der Waals surface area contributed by atoms with Crippen LogP contribution in [0.15, 0.2) is 0 Å². The molecule has 4 heavy (non-hydrogen) atoms. The normalized spacial score (nSPS) is 2.00. The largest absolute Gasteiger partial charge is 0 e. The molecule has 0 unspecified atom stereocenters. The predicted molar refractivity (Wildman–Crippen MR) is 26.7 cm³/mol. The minimum absolute atomic E-state index is 0. The fourth-order valence-corrected chi connectivity index (χ4v) is 0. The molecule has 0 heterocycles. The number of rotatable bonds is 0. The Morgan fingerprint density at radius 2 is 1.25 bits per heavy atom. The summed E-state index contributed by atoms with van der Waals surface area (Å²) in [6, 6.07) is 0. The molecule has 0 spiro atoms. The van der Waals surface area contributed by atoms with Crippen LogP contribution in [0.3, 0.4) is 0 Å². The summed E-state index contributed by atoms with van der Waals surface area (Å²) in [7, 11) is 8.76. The van der Waals surface area contributed by atoms with E-state index in [1.54, 1.807) is 0 Å². The van der Waals surface area contributed by atoms with E-state index in [1.807, 2.05) is 0 Å². The van der Waals surface area contributed by atoms with Gasteiger partial charge in [-0.2, -0.15) is 0 Å². The van der Waals surface area contributed by atoms with Gasteiger partial charge in [0.1, 0.15) is 0 Å². The second-order valence-corrected chi connectivity index (χ2v) is 5.03. The molecule has 0 N–H and O–H groups in total. The van der Waals surface area contributed by atoms with Gasteiger partial charge in [-0.05, 0) is 0 Å². The monoisotopic (exact) mass is 305 g/mol. The van der Waals surface area contributed by atoms with Crippen LogP contribution < -0.4 is 0 Å². The van der Waals surface area contributed by atoms with E-state index >= 15 is 0 Å². The third-order valence-corrected chi connectivity index (χ3v) is 0. The summed E-state index contributed by atoms with van der Waals surface area (Å²) in [5.74, 6) is 0. The standard InChI is InChI=1S/2S.Sb.Sn. The molecule has 0 aliphatic rings. The average molecular weight is 305 g/mol. The topological polar surface area (TPSA) is 0 Å². The van der Waals surface area contributed by atoms with Crippen LogP contribution in [0.25, 0.3) is 0 Å². The summed E-state index contributed by atoms with van der Waals surface area (Å²) < 4.78 is 0. The molecule has 21 valence electrons. The van der Waals surface area contributed by atoms with Gasteiger partial charge >= 0.3 is 35.8 Å². The zero-order valence-electron chi connectivity index (χ0n) is 1.76. The second kappa shape index (κ2) is 8.91. The Balaban J connectivity index is 0. The van der Waals surface area contributed by atoms with Crippen molar-refractivity contribution < 1.29 is 0 Å². The summed E-state index contributed by atoms with van der Waals surface area (Å²) in [4.78, 5) is 0. The quantitative estimate of drug-likeness (QED) is 0.599. The van der Waals surface area contributed by atoms with Gasteiger partial charge in [0, 0.05) is 24.4 Å². The van der Waals surface area contributed by atoms with Crippen molar-refractivity contribution in [2.75, 3.05) is 0 Å². The van der Waals surface area contributed by atoms with E-state index in [0.29, 0.717) is 0 Å². The van der Waals surface area contributed by atoms with Gasteiger partial charge in [0.15, 0.2) is 0 Å². The van der Waals surface area contributed by atoms with Crippen LogP contribution in [0.2, 0.25) is 0 Å². The van der Waals surface area contributed by atoms with Crippen LogP contribution in [0.4, 0.5) is 0 Å². The Hall–Kier alpha value is 2.06. The zero-order chi connectivity index (χ0) is 2.71. The Bertz CT molecular complexity index is 27.0. The van der Waals surface area contributed by atoms with E-state index < -0.39 is 17.3 Å². The van der Waals surface area contributed by atoms with Crippen molar-refractivity contribution in [2.24, 2.45) is 0 Å². The molecule has 0 aliphatic carbocycles. The van der Waals surface area contributed by atoms with Crippen molar-refractivity contribution in [3.63, 3.8) is 0 Å². The first-order valence-electron chi connectivity index (χ1n) is 0.408. The molecule has 0 aromatic heterocycles. The fraction of sp³-hybridized carbons (Fsp3) is 0. The molecule has 0 atom stereocenters. The Morgan fingerprint density at radius 3 is 1.25 bits per heavy atom. The van der Waals surface area contributed by atoms with Crippen molar-refractivity contribution in [1.29, 1.82) is 0 Å². The molecule has 0 aliphatic heterocycles. The van der Waals surface area contributed by atoms with Gasteiger partial charge in [-0.15, -0.1) is 0 Å². The summed E-state index contributed by atoms with van der Waals surface area (Å²) in [6.45, 7) is 0. The van der Waals surface area contributed by atoms with Crippen molar-refractivity contribution in [1.82, 2.24) is 0 Å². The van der Waals surface area contributed by atoms with Crippen LogP contribution in [0.5, 0.6) is 0 Å². The number of hydrogen-bond acceptors (Lipinski definition) is 2. The molecule has 0 rings (SSSR count). The molecule has 0 bridgehead atoms. The third kappa shape index (κ3) is 8.96. The van der Waals surface area contributed by atoms with E-state index in [9.17, 15) is 0 Å². The van der Waals surface area contributed by atoms with Gasteiger partial charge in [-0.3, -0.25) is 0 Å². The first-order valence-corrected chi connectivity index (χ1v) is 8.22. The molecule has 0 fully saturated rings. The van der Waals surface area contributed by atoms with E-state index in [0.717, 1.165) is 0 Å². The minimum atomic E-state index is -0.603. The van der Waals surface area contributed by atoms with Crippen molar-refractivity contribution >= 4 is 60.3 Å². The number of hydrogen-bond donors (Lipinski definition) is 0. The van der Waals surface area contributed by atoms with Gasteiger partial charge in [0.25, 0.3) is 0 Å². The van der Waals surface area contributed by atoms with Crippen LogP contribution in [-0.2, 0) is 0 Å². The zero-order valence-corrected chi connectivity index (χ0v) is 8.80. The van der Waals surface area contributed by atoms with Crippen LogP contribution in [-0.4, -0.2) is 41.7 Å². The van der Waals surface area contributed by atoms with Crippen molar-refractivity contribution in [3.05, 3.63) is 0 Å². The minimum Gasteiger partial charge on any atom is 0 e. The van der Waals surface area contributed by atoms with Gasteiger partial charge in [-0.25, -0.2) is 0 Å². The molecule has 0 amide bonds. The Labute approximate surface area is 59.3 Å². The smallest absolute Gasteiger partial charge is 0 e. The Kier molecular flexibility index (Phi) is 21.0. The summed E-state index contributed by atoms with van der Waals surface area (Å²) >= 11 is -0.603. The average Bonchev–Trinajstić information content (AvgIpc) is 0.918. The first kappa shape index (κ1) is 9.41. The van der Waals surface area contributed by atoms with Gasteiger partial charge in [0.05, 0.1) is 0 Å². The summed E-state index contributed by atoms with van der Waals surface area (Å²) in [6.07, 6.45) is 0. The molecular formula is S2SbSn. The fourth-order valence-electron chi connectivity index (χ4n) is 0. The predicted octanol–water partition coefficient (Wildman–Crippen LogP) is 0.535. The van der Waals surface area contributed by atoms with Gasteiger partial charge in [-0.1, -0.05) is 0 Å². The van der Waals surface area contributed by atoms with E-state index in [1.165, 1.54) is 0 Å². The first-order chi connectivity index (χ1) is 1.41. The molecule has 0 aromatic rings. The van der Waals surface area contributed by atoms with Crippen molar-refractivity contribution in [3.8, 4) is 0 Å². The van der Waals surface area contributed by atoms with E-state index in [4.69, 9.17) is 0 Å². The van der Waals surface area contributed by atoms with E-state index in [2.05, 4.69) is 18.6 Å². The maximum Gasteiger partial charge on any atom is 0 e. The summed E-state index contributed by atoms with van der Waals surface area (Å²) in [5.41, 5.74) is 0.